The number of likely N-dealkylation sites (tertiary alicyclic amines) is 1. The van der Waals surface area contributed by atoms with Gasteiger partial charge in [0.05, 0.1) is 23.1 Å². The minimum Gasteiger partial charge on any atom is -0.487 e. The quantitative estimate of drug-likeness (QED) is 0.339. The molecule has 212 valence electrons. The van der Waals surface area contributed by atoms with E-state index in [1.165, 1.54) is 0 Å². The van der Waals surface area contributed by atoms with Crippen LogP contribution in [0.25, 0.3) is 0 Å². The average molecular weight is 557 g/mol. The molecule has 2 aliphatic rings. The number of alkyl carbamates (subject to hydrolysis) is 1. The molecule has 1 aliphatic heterocycles. The third kappa shape index (κ3) is 7.89. The van der Waals surface area contributed by atoms with Crippen molar-refractivity contribution in [1.29, 1.82) is 0 Å². The summed E-state index contributed by atoms with van der Waals surface area (Å²) < 4.78 is 11.2. The molecule has 0 aromatic heterocycles. The number of rotatable bonds is 10. The van der Waals surface area contributed by atoms with Gasteiger partial charge in [0.25, 0.3) is 0 Å². The zero-order valence-electron chi connectivity index (χ0n) is 22.9. The SMILES string of the molecule is CCCCOC(=O)N[C@H]1CCCN(C(=O)C(c2ccc(OCc3ccccc3)c(Cl)c2)C2(O)CCCCC2)C1. The lowest BCUT2D eigenvalue weighted by atomic mass is 9.72. The molecule has 7 nitrogen and oxygen atoms in total. The number of nitrogens with one attached hydrogen (secondary N) is 1. The second-order valence-electron chi connectivity index (χ2n) is 10.8. The number of piperidine rings is 1. The van der Waals surface area contributed by atoms with Crippen LogP contribution in [-0.4, -0.2) is 53.3 Å². The first-order valence-electron chi connectivity index (χ1n) is 14.3. The van der Waals surface area contributed by atoms with Gasteiger partial charge >= 0.3 is 6.09 Å². The largest absolute Gasteiger partial charge is 0.487 e. The molecule has 0 radical (unpaired) electrons. The number of benzene rings is 2. The fraction of sp³-hybridized carbons (Fsp3) is 0.548. The van der Waals surface area contributed by atoms with Gasteiger partial charge in [0.15, 0.2) is 0 Å². The molecule has 39 heavy (non-hydrogen) atoms. The first-order chi connectivity index (χ1) is 18.9. The predicted molar refractivity (Wildman–Crippen MR) is 152 cm³/mol. The van der Waals surface area contributed by atoms with Gasteiger partial charge in [-0.25, -0.2) is 4.79 Å². The maximum atomic E-state index is 14.1. The average Bonchev–Trinajstić information content (AvgIpc) is 2.94. The number of ether oxygens (including phenoxy) is 2. The smallest absolute Gasteiger partial charge is 0.407 e. The molecular weight excluding hydrogens is 516 g/mol. The zero-order chi connectivity index (χ0) is 27.7. The van der Waals surface area contributed by atoms with E-state index in [-0.39, 0.29) is 11.9 Å². The van der Waals surface area contributed by atoms with E-state index in [1.807, 2.05) is 43.3 Å². The third-order valence-electron chi connectivity index (χ3n) is 7.82. The number of nitrogens with zero attached hydrogens (tertiary/aromatic N) is 1. The molecule has 2 amide bonds. The normalized spacial score (nSPS) is 19.7. The number of carbonyl (C=O) groups is 2. The molecule has 0 bridgehead atoms. The van der Waals surface area contributed by atoms with Gasteiger partial charge in [-0.15, -0.1) is 0 Å². The number of halogens is 1. The van der Waals surface area contributed by atoms with Gasteiger partial charge in [0.1, 0.15) is 12.4 Å². The molecule has 1 aliphatic carbocycles. The lowest BCUT2D eigenvalue weighted by molar-refractivity contribution is -0.143. The molecule has 2 atom stereocenters. The molecule has 1 heterocycles. The molecule has 1 saturated heterocycles. The standard InChI is InChI=1S/C31H41ClN2O5/c1-2-3-19-38-30(36)33-25-13-10-18-34(21-25)29(35)28(31(37)16-8-5-9-17-31)24-14-15-27(26(32)20-24)39-22-23-11-6-4-7-12-23/h4,6-7,11-12,14-15,20,25,28,37H,2-3,5,8-10,13,16-19,21-22H2,1H3,(H,33,36)/t25-,28?/m0/s1. The molecule has 0 spiro atoms. The molecule has 1 unspecified atom stereocenters. The Balaban J connectivity index is 1.50. The third-order valence-corrected chi connectivity index (χ3v) is 8.11. The topological polar surface area (TPSA) is 88.1 Å². The van der Waals surface area contributed by atoms with Gasteiger partial charge in [-0.3, -0.25) is 4.79 Å². The van der Waals surface area contributed by atoms with Gasteiger partial charge in [-0.05, 0) is 55.4 Å². The summed E-state index contributed by atoms with van der Waals surface area (Å²) >= 11 is 6.65. The maximum Gasteiger partial charge on any atom is 0.407 e. The van der Waals surface area contributed by atoms with Crippen LogP contribution < -0.4 is 10.1 Å². The van der Waals surface area contributed by atoms with E-state index in [0.717, 1.165) is 50.5 Å². The molecule has 2 aromatic carbocycles. The Morgan fingerprint density at radius 1 is 1.13 bits per heavy atom. The molecule has 8 heteroatoms. The van der Waals surface area contributed by atoms with Crippen LogP contribution in [0.2, 0.25) is 5.02 Å². The van der Waals surface area contributed by atoms with Crippen molar-refractivity contribution in [3.8, 4) is 5.75 Å². The highest BCUT2D eigenvalue weighted by atomic mass is 35.5. The molecule has 4 rings (SSSR count). The van der Waals surface area contributed by atoms with Crippen molar-refractivity contribution in [3.05, 3.63) is 64.7 Å². The van der Waals surface area contributed by atoms with E-state index in [4.69, 9.17) is 21.1 Å². The van der Waals surface area contributed by atoms with Crippen molar-refractivity contribution in [3.63, 3.8) is 0 Å². The second kappa shape index (κ2) is 14.0. The monoisotopic (exact) mass is 556 g/mol. The Kier molecular flexibility index (Phi) is 10.5. The molecule has 2 aromatic rings. The predicted octanol–water partition coefficient (Wildman–Crippen LogP) is 6.22. The second-order valence-corrected chi connectivity index (χ2v) is 11.2. The maximum absolute atomic E-state index is 14.1. The zero-order valence-corrected chi connectivity index (χ0v) is 23.6. The Hall–Kier alpha value is -2.77. The van der Waals surface area contributed by atoms with E-state index < -0.39 is 17.6 Å². The fourth-order valence-electron chi connectivity index (χ4n) is 5.68. The van der Waals surface area contributed by atoms with Crippen LogP contribution in [0.1, 0.15) is 81.8 Å². The lowest BCUT2D eigenvalue weighted by Gasteiger charge is -2.42. The number of carbonyl (C=O) groups excluding carboxylic acids is 2. The van der Waals surface area contributed by atoms with Gasteiger partial charge in [0.2, 0.25) is 5.91 Å². The van der Waals surface area contributed by atoms with Gasteiger partial charge < -0.3 is 24.8 Å². The Morgan fingerprint density at radius 3 is 2.62 bits per heavy atom. The Labute approximate surface area is 236 Å². The molecule has 1 saturated carbocycles. The van der Waals surface area contributed by atoms with Crippen LogP contribution in [0.4, 0.5) is 4.79 Å². The minimum atomic E-state index is -1.15. The van der Waals surface area contributed by atoms with Crippen molar-refractivity contribution >= 4 is 23.6 Å². The van der Waals surface area contributed by atoms with E-state index in [0.29, 0.717) is 55.5 Å². The first kappa shape index (κ1) is 29.2. The van der Waals surface area contributed by atoms with Gasteiger partial charge in [0, 0.05) is 19.1 Å². The minimum absolute atomic E-state index is 0.126. The number of aliphatic hydroxyl groups is 1. The van der Waals surface area contributed by atoms with E-state index >= 15 is 0 Å². The molecule has 2 N–H and O–H groups in total. The van der Waals surface area contributed by atoms with Crippen molar-refractivity contribution in [2.75, 3.05) is 19.7 Å². The summed E-state index contributed by atoms with van der Waals surface area (Å²) in [6.45, 7) is 3.79. The van der Waals surface area contributed by atoms with Crippen LogP contribution in [-0.2, 0) is 16.1 Å². The van der Waals surface area contributed by atoms with Crippen molar-refractivity contribution in [2.24, 2.45) is 0 Å². The summed E-state index contributed by atoms with van der Waals surface area (Å²) in [5, 5.41) is 15.1. The van der Waals surface area contributed by atoms with Crippen LogP contribution in [0.15, 0.2) is 48.5 Å². The Morgan fingerprint density at radius 2 is 1.90 bits per heavy atom. The summed E-state index contributed by atoms with van der Waals surface area (Å²) in [5.41, 5.74) is 0.574. The summed E-state index contributed by atoms with van der Waals surface area (Å²) in [4.78, 5) is 28.1. The molecule has 2 fully saturated rings. The van der Waals surface area contributed by atoms with E-state index in [9.17, 15) is 14.7 Å². The molecular formula is C31H41ClN2O5. The fourth-order valence-corrected chi connectivity index (χ4v) is 5.92. The lowest BCUT2D eigenvalue weighted by Crippen LogP contribution is -2.54. The highest BCUT2D eigenvalue weighted by Gasteiger charge is 2.45. The summed E-state index contributed by atoms with van der Waals surface area (Å²) in [5.74, 6) is -0.331. The summed E-state index contributed by atoms with van der Waals surface area (Å²) in [6.07, 6.45) is 6.80. The van der Waals surface area contributed by atoms with Gasteiger partial charge in [-0.2, -0.15) is 0 Å². The van der Waals surface area contributed by atoms with Crippen LogP contribution in [0.3, 0.4) is 0 Å². The summed E-state index contributed by atoms with van der Waals surface area (Å²) in [7, 11) is 0. The van der Waals surface area contributed by atoms with E-state index in [2.05, 4.69) is 5.32 Å². The van der Waals surface area contributed by atoms with Crippen LogP contribution in [0, 0.1) is 0 Å². The Bertz CT molecular complexity index is 1090. The summed E-state index contributed by atoms with van der Waals surface area (Å²) in [6, 6.07) is 15.1. The number of unbranched alkanes of at least 4 members (excludes halogenated alkanes) is 1. The highest BCUT2D eigenvalue weighted by molar-refractivity contribution is 6.32. The van der Waals surface area contributed by atoms with Crippen LogP contribution in [0.5, 0.6) is 5.75 Å². The van der Waals surface area contributed by atoms with Crippen LogP contribution >= 0.6 is 11.6 Å². The van der Waals surface area contributed by atoms with Crippen molar-refractivity contribution < 1.29 is 24.2 Å². The van der Waals surface area contributed by atoms with Crippen molar-refractivity contribution in [1.82, 2.24) is 10.2 Å². The highest BCUT2D eigenvalue weighted by Crippen LogP contribution is 2.43. The van der Waals surface area contributed by atoms with E-state index in [1.54, 1.807) is 17.0 Å². The van der Waals surface area contributed by atoms with Crippen molar-refractivity contribution in [2.45, 2.75) is 88.9 Å². The van der Waals surface area contributed by atoms with Gasteiger partial charge in [-0.1, -0.05) is 80.6 Å². The first-order valence-corrected chi connectivity index (χ1v) is 14.7. The number of hydrogen-bond donors (Lipinski definition) is 2. The number of amides is 2. The number of hydrogen-bond acceptors (Lipinski definition) is 5.